The Morgan fingerprint density at radius 3 is 3.11 bits per heavy atom. The molecular weight excluding hydrogens is 242 g/mol. The van der Waals surface area contributed by atoms with Gasteiger partial charge in [-0.3, -0.25) is 4.79 Å². The summed E-state index contributed by atoms with van der Waals surface area (Å²) in [5.41, 5.74) is 2.31. The maximum absolute atomic E-state index is 12.4. The molecule has 3 heterocycles. The van der Waals surface area contributed by atoms with Crippen molar-refractivity contribution >= 4 is 17.0 Å². The van der Waals surface area contributed by atoms with Gasteiger partial charge in [0.15, 0.2) is 11.3 Å². The van der Waals surface area contributed by atoms with E-state index in [0.29, 0.717) is 11.3 Å². The maximum atomic E-state index is 12.4. The molecule has 5 nitrogen and oxygen atoms in total. The molecule has 1 unspecified atom stereocenters. The molecule has 1 aliphatic heterocycles. The van der Waals surface area contributed by atoms with Crippen molar-refractivity contribution in [3.05, 3.63) is 29.7 Å². The van der Waals surface area contributed by atoms with Crippen molar-refractivity contribution in [1.82, 2.24) is 15.2 Å². The Labute approximate surface area is 111 Å². The Kier molecular flexibility index (Phi) is 2.98. The van der Waals surface area contributed by atoms with Gasteiger partial charge < -0.3 is 14.6 Å². The van der Waals surface area contributed by atoms with Crippen LogP contribution in [0.15, 0.2) is 22.6 Å². The van der Waals surface area contributed by atoms with E-state index in [9.17, 15) is 4.79 Å². The molecule has 1 atom stereocenters. The van der Waals surface area contributed by atoms with E-state index in [1.165, 1.54) is 0 Å². The molecule has 0 radical (unpaired) electrons. The number of likely N-dealkylation sites (N-methyl/N-ethyl adjacent to an activating group) is 1. The number of pyridine rings is 1. The van der Waals surface area contributed by atoms with Crippen molar-refractivity contribution in [3.63, 3.8) is 0 Å². The zero-order valence-electron chi connectivity index (χ0n) is 11.1. The minimum atomic E-state index is -0.0793. The first kappa shape index (κ1) is 12.2. The van der Waals surface area contributed by atoms with Gasteiger partial charge in [0.1, 0.15) is 5.52 Å². The zero-order valence-corrected chi connectivity index (χ0v) is 11.1. The van der Waals surface area contributed by atoms with Gasteiger partial charge in [-0.05, 0) is 32.0 Å². The summed E-state index contributed by atoms with van der Waals surface area (Å²) in [5.74, 6) is 0.284. The molecule has 0 aromatic carbocycles. The second kappa shape index (κ2) is 4.66. The monoisotopic (exact) mass is 259 g/mol. The number of aryl methyl sites for hydroxylation is 1. The van der Waals surface area contributed by atoms with Gasteiger partial charge in [-0.15, -0.1) is 0 Å². The van der Waals surface area contributed by atoms with Gasteiger partial charge in [0.2, 0.25) is 0 Å². The topological polar surface area (TPSA) is 58.4 Å². The standard InChI is InChI=1S/C14H17N3O2/c1-9-3-4-12-11(16-9)7-13(19-12)14(18)17(2)10-5-6-15-8-10/h3-4,7,10,15H,5-6,8H2,1-2H3. The van der Waals surface area contributed by atoms with E-state index in [2.05, 4.69) is 10.3 Å². The van der Waals surface area contributed by atoms with E-state index >= 15 is 0 Å². The van der Waals surface area contributed by atoms with Gasteiger partial charge in [0.05, 0.1) is 0 Å². The molecule has 0 saturated carbocycles. The minimum absolute atomic E-state index is 0.0793. The van der Waals surface area contributed by atoms with Crippen LogP contribution in [0, 0.1) is 6.92 Å². The van der Waals surface area contributed by atoms with Crippen LogP contribution < -0.4 is 5.32 Å². The van der Waals surface area contributed by atoms with Crippen LogP contribution in [-0.2, 0) is 0 Å². The summed E-state index contributed by atoms with van der Waals surface area (Å²) in [7, 11) is 1.83. The van der Waals surface area contributed by atoms with Crippen molar-refractivity contribution in [1.29, 1.82) is 0 Å². The van der Waals surface area contributed by atoms with Crippen LogP contribution in [0.25, 0.3) is 11.1 Å². The van der Waals surface area contributed by atoms with E-state index in [1.807, 2.05) is 26.1 Å². The van der Waals surface area contributed by atoms with Gasteiger partial charge in [0, 0.05) is 31.4 Å². The molecule has 5 heteroatoms. The number of hydrogen-bond donors (Lipinski definition) is 1. The minimum Gasteiger partial charge on any atom is -0.449 e. The number of nitrogens with one attached hydrogen (secondary N) is 1. The predicted molar refractivity (Wildman–Crippen MR) is 72.1 cm³/mol. The highest BCUT2D eigenvalue weighted by Gasteiger charge is 2.26. The van der Waals surface area contributed by atoms with Gasteiger partial charge in [-0.2, -0.15) is 0 Å². The lowest BCUT2D eigenvalue weighted by atomic mass is 10.2. The summed E-state index contributed by atoms with van der Waals surface area (Å²) in [5, 5.41) is 3.26. The summed E-state index contributed by atoms with van der Waals surface area (Å²) in [6, 6.07) is 5.70. The highest BCUT2D eigenvalue weighted by atomic mass is 16.3. The number of fused-ring (bicyclic) bond motifs is 1. The van der Waals surface area contributed by atoms with E-state index < -0.39 is 0 Å². The number of carbonyl (C=O) groups is 1. The normalized spacial score (nSPS) is 18.9. The van der Waals surface area contributed by atoms with Gasteiger partial charge in [0.25, 0.3) is 5.91 Å². The number of furan rings is 1. The number of aromatic nitrogens is 1. The van der Waals surface area contributed by atoms with Gasteiger partial charge in [-0.1, -0.05) is 0 Å². The van der Waals surface area contributed by atoms with Gasteiger partial charge in [-0.25, -0.2) is 4.98 Å². The quantitative estimate of drug-likeness (QED) is 0.889. The Hall–Kier alpha value is -1.88. The fourth-order valence-corrected chi connectivity index (χ4v) is 2.44. The van der Waals surface area contributed by atoms with E-state index in [1.54, 1.807) is 11.0 Å². The summed E-state index contributed by atoms with van der Waals surface area (Å²) >= 11 is 0. The summed E-state index contributed by atoms with van der Waals surface area (Å²) in [6.45, 7) is 3.73. The van der Waals surface area contributed by atoms with E-state index in [0.717, 1.165) is 30.7 Å². The van der Waals surface area contributed by atoms with Crippen LogP contribution in [0.3, 0.4) is 0 Å². The number of hydrogen-bond acceptors (Lipinski definition) is 4. The molecule has 1 fully saturated rings. The van der Waals surface area contributed by atoms with Crippen LogP contribution in [0.1, 0.15) is 22.7 Å². The van der Waals surface area contributed by atoms with Crippen molar-refractivity contribution < 1.29 is 9.21 Å². The Morgan fingerprint density at radius 1 is 1.53 bits per heavy atom. The molecule has 1 amide bonds. The van der Waals surface area contributed by atoms with E-state index in [4.69, 9.17) is 4.42 Å². The van der Waals surface area contributed by atoms with Crippen molar-refractivity contribution in [2.45, 2.75) is 19.4 Å². The molecule has 2 aromatic rings. The first-order chi connectivity index (χ1) is 9.15. The third kappa shape index (κ3) is 2.21. The first-order valence-electron chi connectivity index (χ1n) is 6.50. The zero-order chi connectivity index (χ0) is 13.4. The Bertz CT molecular complexity index is 614. The fraction of sp³-hybridized carbons (Fsp3) is 0.429. The van der Waals surface area contributed by atoms with Crippen LogP contribution in [0.5, 0.6) is 0 Å². The molecule has 19 heavy (non-hydrogen) atoms. The van der Waals surface area contributed by atoms with E-state index in [-0.39, 0.29) is 11.9 Å². The van der Waals surface area contributed by atoms with Crippen LogP contribution in [0.4, 0.5) is 0 Å². The molecule has 3 rings (SSSR count). The van der Waals surface area contributed by atoms with Crippen molar-refractivity contribution in [2.24, 2.45) is 0 Å². The average molecular weight is 259 g/mol. The average Bonchev–Trinajstić information content (AvgIpc) is 3.05. The molecule has 0 bridgehead atoms. The highest BCUT2D eigenvalue weighted by molar-refractivity contribution is 5.95. The van der Waals surface area contributed by atoms with Crippen LogP contribution >= 0.6 is 0 Å². The molecule has 100 valence electrons. The predicted octanol–water partition coefficient (Wildman–Crippen LogP) is 1.57. The Balaban J connectivity index is 1.88. The summed E-state index contributed by atoms with van der Waals surface area (Å²) in [4.78, 5) is 18.5. The second-order valence-corrected chi connectivity index (χ2v) is 5.01. The van der Waals surface area contributed by atoms with Crippen molar-refractivity contribution in [3.8, 4) is 0 Å². The lowest BCUT2D eigenvalue weighted by molar-refractivity contribution is 0.0714. The molecular formula is C14H17N3O2. The lowest BCUT2D eigenvalue weighted by Gasteiger charge is -2.22. The maximum Gasteiger partial charge on any atom is 0.289 e. The smallest absolute Gasteiger partial charge is 0.289 e. The van der Waals surface area contributed by atoms with Crippen LogP contribution in [-0.4, -0.2) is 42.0 Å². The first-order valence-corrected chi connectivity index (χ1v) is 6.50. The fourth-order valence-electron chi connectivity index (χ4n) is 2.44. The number of carbonyl (C=O) groups excluding carboxylic acids is 1. The molecule has 2 aromatic heterocycles. The number of nitrogens with zero attached hydrogens (tertiary/aromatic N) is 2. The number of rotatable bonds is 2. The number of amides is 1. The molecule has 0 spiro atoms. The molecule has 1 N–H and O–H groups in total. The third-order valence-electron chi connectivity index (χ3n) is 3.63. The SMILES string of the molecule is Cc1ccc2oc(C(=O)N(C)C3CCNC3)cc2n1. The molecule has 1 aliphatic rings. The Morgan fingerprint density at radius 2 is 2.37 bits per heavy atom. The molecule has 0 aliphatic carbocycles. The molecule has 1 saturated heterocycles. The van der Waals surface area contributed by atoms with Gasteiger partial charge >= 0.3 is 0 Å². The van der Waals surface area contributed by atoms with Crippen molar-refractivity contribution in [2.75, 3.05) is 20.1 Å². The summed E-state index contributed by atoms with van der Waals surface area (Å²) in [6.07, 6.45) is 0.986. The largest absolute Gasteiger partial charge is 0.449 e. The third-order valence-corrected chi connectivity index (χ3v) is 3.63. The highest BCUT2D eigenvalue weighted by Crippen LogP contribution is 2.20. The summed E-state index contributed by atoms with van der Waals surface area (Å²) < 4.78 is 5.59. The second-order valence-electron chi connectivity index (χ2n) is 5.01. The van der Waals surface area contributed by atoms with Crippen LogP contribution in [0.2, 0.25) is 0 Å². The lowest BCUT2D eigenvalue weighted by Crippen LogP contribution is -2.38.